The van der Waals surface area contributed by atoms with Gasteiger partial charge in [0.1, 0.15) is 0 Å². The van der Waals surface area contributed by atoms with Crippen molar-refractivity contribution in [1.82, 2.24) is 20.0 Å². The van der Waals surface area contributed by atoms with Gasteiger partial charge >= 0.3 is 0 Å². The molecule has 1 fully saturated rings. The maximum absolute atomic E-state index is 12.9. The van der Waals surface area contributed by atoms with Gasteiger partial charge in [-0.25, -0.2) is 0 Å². The lowest BCUT2D eigenvalue weighted by Gasteiger charge is -2.24. The average Bonchev–Trinajstić information content (AvgIpc) is 3.25. The van der Waals surface area contributed by atoms with Crippen LogP contribution in [-0.2, 0) is 20.1 Å². The number of halogens is 2. The lowest BCUT2D eigenvalue weighted by molar-refractivity contribution is 0.0735. The quantitative estimate of drug-likeness (QED) is 0.886. The molecule has 5 nitrogen and oxygen atoms in total. The van der Waals surface area contributed by atoms with Crippen molar-refractivity contribution in [2.75, 3.05) is 6.54 Å². The molecule has 1 unspecified atom stereocenters. The third kappa shape index (κ3) is 3.29. The number of nitrogens with one attached hydrogen (secondary N) is 1. The van der Waals surface area contributed by atoms with Crippen molar-refractivity contribution >= 4 is 30.7 Å². The number of hydrogen-bond donors (Lipinski definition) is 1. The van der Waals surface area contributed by atoms with Crippen LogP contribution in [0.25, 0.3) is 0 Å². The van der Waals surface area contributed by atoms with Gasteiger partial charge in [-0.15, -0.1) is 24.8 Å². The summed E-state index contributed by atoms with van der Waals surface area (Å²) in [7, 11) is 1.91. The molecule has 0 radical (unpaired) electrons. The number of nitrogens with zero attached hydrogens (tertiary/aromatic N) is 3. The second-order valence-electron chi connectivity index (χ2n) is 6.19. The van der Waals surface area contributed by atoms with E-state index in [0.717, 1.165) is 43.6 Å². The summed E-state index contributed by atoms with van der Waals surface area (Å²) < 4.78 is 1.80. The van der Waals surface area contributed by atoms with E-state index in [2.05, 4.69) is 22.5 Å². The van der Waals surface area contributed by atoms with E-state index in [1.54, 1.807) is 4.68 Å². The minimum Gasteiger partial charge on any atom is -0.331 e. The molecule has 0 aliphatic carbocycles. The van der Waals surface area contributed by atoms with Crippen LogP contribution in [-0.4, -0.2) is 27.1 Å². The minimum atomic E-state index is 0. The van der Waals surface area contributed by atoms with E-state index in [1.807, 2.05) is 30.4 Å². The number of aromatic nitrogens is 2. The minimum absolute atomic E-state index is 0. The highest BCUT2D eigenvalue weighted by Gasteiger charge is 2.31. The maximum Gasteiger partial charge on any atom is 0.254 e. The summed E-state index contributed by atoms with van der Waals surface area (Å²) in [6.45, 7) is 2.60. The summed E-state index contributed by atoms with van der Waals surface area (Å²) >= 11 is 0. The van der Waals surface area contributed by atoms with Crippen molar-refractivity contribution in [3.8, 4) is 0 Å². The average molecular weight is 369 g/mol. The summed E-state index contributed by atoms with van der Waals surface area (Å²) in [5.41, 5.74) is 4.50. The van der Waals surface area contributed by atoms with Gasteiger partial charge in [0.25, 0.3) is 5.91 Å². The zero-order chi connectivity index (χ0) is 15.1. The lowest BCUT2D eigenvalue weighted by Crippen LogP contribution is -2.30. The molecule has 24 heavy (non-hydrogen) atoms. The van der Waals surface area contributed by atoms with Crippen molar-refractivity contribution in [1.29, 1.82) is 0 Å². The number of benzene rings is 1. The molecule has 2 aliphatic rings. The van der Waals surface area contributed by atoms with Crippen LogP contribution in [0.4, 0.5) is 0 Å². The molecule has 2 aliphatic heterocycles. The van der Waals surface area contributed by atoms with Crippen LogP contribution in [0.2, 0.25) is 0 Å². The number of hydrogen-bond acceptors (Lipinski definition) is 3. The van der Waals surface area contributed by atoms with Gasteiger partial charge in [-0.05, 0) is 36.1 Å². The van der Waals surface area contributed by atoms with Crippen molar-refractivity contribution in [3.63, 3.8) is 0 Å². The van der Waals surface area contributed by atoms with Crippen molar-refractivity contribution in [2.24, 2.45) is 7.05 Å². The molecule has 1 atom stereocenters. The fourth-order valence-corrected chi connectivity index (χ4v) is 3.56. The van der Waals surface area contributed by atoms with Gasteiger partial charge in [-0.3, -0.25) is 9.48 Å². The summed E-state index contributed by atoms with van der Waals surface area (Å²) in [4.78, 5) is 14.9. The van der Waals surface area contributed by atoms with Crippen LogP contribution >= 0.6 is 24.8 Å². The predicted octanol–water partition coefficient (Wildman–Crippen LogP) is 2.84. The molecule has 3 heterocycles. The highest BCUT2D eigenvalue weighted by atomic mass is 35.5. The van der Waals surface area contributed by atoms with Crippen LogP contribution < -0.4 is 5.32 Å². The molecule has 0 bridgehead atoms. The van der Waals surface area contributed by atoms with Gasteiger partial charge < -0.3 is 10.2 Å². The Morgan fingerprint density at radius 3 is 2.79 bits per heavy atom. The Bertz CT molecular complexity index is 731. The summed E-state index contributed by atoms with van der Waals surface area (Å²) in [6, 6.07) is 6.26. The highest BCUT2D eigenvalue weighted by molar-refractivity contribution is 5.95. The first-order valence-corrected chi connectivity index (χ1v) is 7.84. The Hall–Kier alpha value is -1.56. The fraction of sp³-hybridized carbons (Fsp3) is 0.412. The Balaban J connectivity index is 0.00000104. The largest absolute Gasteiger partial charge is 0.331 e. The van der Waals surface area contributed by atoms with Gasteiger partial charge in [0.2, 0.25) is 0 Å². The normalized spacial score (nSPS) is 18.7. The molecule has 0 spiro atoms. The molecular formula is C17H22Cl2N4O. The maximum atomic E-state index is 12.9. The molecular weight excluding hydrogens is 347 g/mol. The number of carbonyl (C=O) groups excluding carboxylic acids is 1. The van der Waals surface area contributed by atoms with E-state index in [9.17, 15) is 4.79 Å². The monoisotopic (exact) mass is 368 g/mol. The van der Waals surface area contributed by atoms with E-state index >= 15 is 0 Å². The zero-order valence-electron chi connectivity index (χ0n) is 13.6. The summed E-state index contributed by atoms with van der Waals surface area (Å²) in [5, 5.41) is 7.57. The van der Waals surface area contributed by atoms with Gasteiger partial charge in [0.05, 0.1) is 12.2 Å². The third-order valence-corrected chi connectivity index (χ3v) is 4.71. The first-order chi connectivity index (χ1) is 10.7. The molecule has 4 rings (SSSR count). The number of fused-ring (bicyclic) bond motifs is 1. The number of carbonyl (C=O) groups is 1. The first-order valence-electron chi connectivity index (χ1n) is 7.84. The van der Waals surface area contributed by atoms with Crippen LogP contribution in [0, 0.1) is 0 Å². The molecule has 1 amide bonds. The van der Waals surface area contributed by atoms with Crippen LogP contribution in [0.15, 0.2) is 30.6 Å². The SMILES string of the molecule is Cl.Cl.Cn1cc(C2CCCN2C(=O)c2ccc3c(c2)CNC3)cn1. The van der Waals surface area contributed by atoms with Crippen LogP contribution in [0.5, 0.6) is 0 Å². The molecule has 1 aromatic carbocycles. The van der Waals surface area contributed by atoms with Crippen LogP contribution in [0.1, 0.15) is 45.9 Å². The van der Waals surface area contributed by atoms with E-state index < -0.39 is 0 Å². The predicted molar refractivity (Wildman–Crippen MR) is 97.7 cm³/mol. The zero-order valence-corrected chi connectivity index (χ0v) is 15.2. The first kappa shape index (κ1) is 18.8. The second kappa shape index (κ2) is 7.55. The highest BCUT2D eigenvalue weighted by Crippen LogP contribution is 2.33. The Morgan fingerprint density at radius 1 is 1.25 bits per heavy atom. The topological polar surface area (TPSA) is 50.2 Å². The fourth-order valence-electron chi connectivity index (χ4n) is 3.56. The van der Waals surface area contributed by atoms with E-state index in [0.29, 0.717) is 0 Å². The number of likely N-dealkylation sites (tertiary alicyclic amines) is 1. The van der Waals surface area contributed by atoms with Gasteiger partial charge in [0, 0.05) is 44.0 Å². The van der Waals surface area contributed by atoms with Gasteiger partial charge in [-0.2, -0.15) is 5.10 Å². The number of amides is 1. The molecule has 1 saturated heterocycles. The molecule has 2 aromatic rings. The smallest absolute Gasteiger partial charge is 0.254 e. The molecule has 0 saturated carbocycles. The molecule has 1 aromatic heterocycles. The molecule has 7 heteroatoms. The van der Waals surface area contributed by atoms with Crippen molar-refractivity contribution < 1.29 is 4.79 Å². The van der Waals surface area contributed by atoms with E-state index in [4.69, 9.17) is 0 Å². The van der Waals surface area contributed by atoms with Crippen molar-refractivity contribution in [3.05, 3.63) is 52.8 Å². The molecule has 1 N–H and O–H groups in total. The Labute approximate surface area is 154 Å². The number of rotatable bonds is 2. The second-order valence-corrected chi connectivity index (χ2v) is 6.19. The molecule has 130 valence electrons. The Morgan fingerprint density at radius 2 is 2.04 bits per heavy atom. The van der Waals surface area contributed by atoms with E-state index in [-0.39, 0.29) is 36.8 Å². The van der Waals surface area contributed by atoms with Crippen LogP contribution in [0.3, 0.4) is 0 Å². The standard InChI is InChI=1S/C17H20N4O.2ClH/c1-20-11-15(10-19-20)16-3-2-6-21(16)17(22)12-4-5-13-8-18-9-14(13)7-12;;/h4-5,7,10-11,16,18H,2-3,6,8-9H2,1H3;2*1H. The third-order valence-electron chi connectivity index (χ3n) is 4.71. The van der Waals surface area contributed by atoms with Gasteiger partial charge in [0.15, 0.2) is 0 Å². The number of aryl methyl sites for hydroxylation is 1. The summed E-state index contributed by atoms with van der Waals surface area (Å²) in [6.07, 6.45) is 5.97. The van der Waals surface area contributed by atoms with E-state index in [1.165, 1.54) is 11.1 Å². The summed E-state index contributed by atoms with van der Waals surface area (Å²) in [5.74, 6) is 0.140. The lowest BCUT2D eigenvalue weighted by atomic mass is 10.0. The van der Waals surface area contributed by atoms with Crippen molar-refractivity contribution in [2.45, 2.75) is 32.0 Å². The Kier molecular flexibility index (Phi) is 5.91. The van der Waals surface area contributed by atoms with Gasteiger partial charge in [-0.1, -0.05) is 6.07 Å².